The van der Waals surface area contributed by atoms with Crippen molar-refractivity contribution < 1.29 is 8.78 Å². The molecule has 3 heterocycles. The molecule has 4 nitrogen and oxygen atoms in total. The predicted octanol–water partition coefficient (Wildman–Crippen LogP) is 6.62. The molecule has 1 N–H and O–H groups in total. The van der Waals surface area contributed by atoms with Crippen LogP contribution in [0.4, 0.5) is 14.6 Å². The fourth-order valence-electron chi connectivity index (χ4n) is 2.96. The maximum absolute atomic E-state index is 14.9. The smallest absolute Gasteiger partial charge is 0.173 e. The third kappa shape index (κ3) is 5.61. The summed E-state index contributed by atoms with van der Waals surface area (Å²) in [4.78, 5) is 12.3. The Bertz CT molecular complexity index is 1170. The van der Waals surface area contributed by atoms with Crippen molar-refractivity contribution in [1.82, 2.24) is 15.0 Å². The van der Waals surface area contributed by atoms with E-state index >= 15 is 0 Å². The first-order chi connectivity index (χ1) is 14.9. The second-order valence-corrected chi connectivity index (χ2v) is 7.32. The monoisotopic (exact) mass is 438 g/mol. The average Bonchev–Trinajstić information content (AvgIpc) is 2.72. The van der Waals surface area contributed by atoms with Gasteiger partial charge in [-0.05, 0) is 37.6 Å². The second-order valence-electron chi connectivity index (χ2n) is 6.89. The summed E-state index contributed by atoms with van der Waals surface area (Å²) >= 11 is 5.95. The minimum absolute atomic E-state index is 0.0405. The van der Waals surface area contributed by atoms with Crippen LogP contribution in [0.1, 0.15) is 25.1 Å². The summed E-state index contributed by atoms with van der Waals surface area (Å²) < 4.78 is 29.6. The van der Waals surface area contributed by atoms with Crippen LogP contribution in [0.15, 0.2) is 73.4 Å². The van der Waals surface area contributed by atoms with Crippen molar-refractivity contribution in [2.24, 2.45) is 0 Å². The number of hydrogen-bond donors (Lipinski definition) is 1. The Balaban J connectivity index is 1.81. The molecule has 31 heavy (non-hydrogen) atoms. The number of pyridine rings is 3. The first-order valence-corrected chi connectivity index (χ1v) is 9.91. The van der Waals surface area contributed by atoms with Crippen molar-refractivity contribution >= 4 is 23.0 Å². The van der Waals surface area contributed by atoms with Gasteiger partial charge in [-0.15, -0.1) is 0 Å². The highest BCUT2D eigenvalue weighted by Gasteiger charge is 2.13. The van der Waals surface area contributed by atoms with Gasteiger partial charge < -0.3 is 5.32 Å². The van der Waals surface area contributed by atoms with Gasteiger partial charge in [-0.2, -0.15) is 0 Å². The van der Waals surface area contributed by atoms with Gasteiger partial charge in [-0.25, -0.2) is 13.8 Å². The number of hydrogen-bond acceptors (Lipinski definition) is 4. The van der Waals surface area contributed by atoms with Gasteiger partial charge >= 0.3 is 0 Å². The molecule has 3 aromatic rings. The lowest BCUT2D eigenvalue weighted by molar-refractivity contribution is 0.614. The molecule has 3 rings (SSSR count). The van der Waals surface area contributed by atoms with Gasteiger partial charge in [0.1, 0.15) is 11.5 Å². The number of rotatable bonds is 7. The molecule has 3 aromatic heterocycles. The van der Waals surface area contributed by atoms with E-state index in [-0.39, 0.29) is 18.1 Å². The highest BCUT2D eigenvalue weighted by molar-refractivity contribution is 6.30. The van der Waals surface area contributed by atoms with Crippen molar-refractivity contribution in [2.45, 2.75) is 20.4 Å². The van der Waals surface area contributed by atoms with Crippen LogP contribution in [0, 0.1) is 11.6 Å². The van der Waals surface area contributed by atoms with Gasteiger partial charge in [-0.3, -0.25) is 9.97 Å². The zero-order valence-corrected chi connectivity index (χ0v) is 17.9. The molecule has 0 spiro atoms. The predicted molar refractivity (Wildman–Crippen MR) is 122 cm³/mol. The van der Waals surface area contributed by atoms with Crippen LogP contribution < -0.4 is 5.32 Å². The molecule has 0 unspecified atom stereocenters. The molecule has 0 amide bonds. The molecule has 0 aliphatic carbocycles. The lowest BCUT2D eigenvalue weighted by Gasteiger charge is -2.11. The summed E-state index contributed by atoms with van der Waals surface area (Å²) in [6.07, 6.45) is 11.4. The molecule has 0 saturated carbocycles. The summed E-state index contributed by atoms with van der Waals surface area (Å²) in [5.41, 5.74) is 3.04. The fourth-order valence-corrected chi connectivity index (χ4v) is 3.14. The van der Waals surface area contributed by atoms with Crippen LogP contribution in [-0.2, 0) is 6.54 Å². The summed E-state index contributed by atoms with van der Waals surface area (Å²) in [5.74, 6) is -0.979. The van der Waals surface area contributed by atoms with Crippen LogP contribution >= 0.6 is 11.6 Å². The molecule has 0 bridgehead atoms. The Labute approximate surface area is 185 Å². The molecule has 0 radical (unpaired) electrons. The Hall–Kier alpha value is -3.38. The number of aromatic nitrogens is 3. The lowest BCUT2D eigenvalue weighted by atomic mass is 10.1. The van der Waals surface area contributed by atoms with E-state index in [1.165, 1.54) is 24.7 Å². The second kappa shape index (κ2) is 10.1. The van der Waals surface area contributed by atoms with Gasteiger partial charge in [0, 0.05) is 48.0 Å². The summed E-state index contributed by atoms with van der Waals surface area (Å²) in [6.45, 7) is 7.65. The average molecular weight is 439 g/mol. The fraction of sp³-hybridized carbons (Fsp3) is 0.125. The summed E-state index contributed by atoms with van der Waals surface area (Å²) in [5, 5.41) is 3.30. The molecular formula is C24H21ClF2N4. The van der Waals surface area contributed by atoms with Crippen molar-refractivity contribution in [1.29, 1.82) is 0 Å². The Morgan fingerprint density at radius 2 is 2.00 bits per heavy atom. The SMILES string of the molecule is C=C(C)/C=C(\C=C/C)c1ncc(CNc2nccc(-c3cncc(Cl)c3)c2F)cc1F. The summed E-state index contributed by atoms with van der Waals surface area (Å²) in [6, 6.07) is 4.53. The van der Waals surface area contributed by atoms with E-state index in [2.05, 4.69) is 26.8 Å². The van der Waals surface area contributed by atoms with E-state index in [0.717, 1.165) is 5.57 Å². The molecule has 0 aromatic carbocycles. The first-order valence-electron chi connectivity index (χ1n) is 9.53. The zero-order chi connectivity index (χ0) is 22.4. The highest BCUT2D eigenvalue weighted by Crippen LogP contribution is 2.27. The van der Waals surface area contributed by atoms with Crippen LogP contribution in [0.3, 0.4) is 0 Å². The maximum Gasteiger partial charge on any atom is 0.173 e. The van der Waals surface area contributed by atoms with E-state index < -0.39 is 11.6 Å². The van der Waals surface area contributed by atoms with Crippen LogP contribution in [0.2, 0.25) is 5.02 Å². The number of allylic oxidation sites excluding steroid dienone is 5. The number of anilines is 1. The van der Waals surface area contributed by atoms with Gasteiger partial charge in [-0.1, -0.05) is 42.0 Å². The van der Waals surface area contributed by atoms with Crippen molar-refractivity contribution in [2.75, 3.05) is 5.32 Å². The number of nitrogens with zero attached hydrogens (tertiary/aromatic N) is 3. The quantitative estimate of drug-likeness (QED) is 0.421. The lowest BCUT2D eigenvalue weighted by Crippen LogP contribution is -2.06. The summed E-state index contributed by atoms with van der Waals surface area (Å²) in [7, 11) is 0. The third-order valence-corrected chi connectivity index (χ3v) is 4.49. The van der Waals surface area contributed by atoms with E-state index in [4.69, 9.17) is 11.6 Å². The largest absolute Gasteiger partial charge is 0.363 e. The van der Waals surface area contributed by atoms with Crippen LogP contribution in [0.25, 0.3) is 16.7 Å². The van der Waals surface area contributed by atoms with Crippen molar-refractivity contribution in [3.63, 3.8) is 0 Å². The first kappa shape index (κ1) is 22.3. The molecule has 0 aliphatic heterocycles. The van der Waals surface area contributed by atoms with Crippen LogP contribution in [-0.4, -0.2) is 15.0 Å². The van der Waals surface area contributed by atoms with E-state index in [9.17, 15) is 8.78 Å². The van der Waals surface area contributed by atoms with E-state index in [1.807, 2.05) is 19.9 Å². The van der Waals surface area contributed by atoms with Crippen molar-refractivity contribution in [3.05, 3.63) is 101 Å². The van der Waals surface area contributed by atoms with Crippen LogP contribution in [0.5, 0.6) is 0 Å². The van der Waals surface area contributed by atoms with Gasteiger partial charge in [0.05, 0.1) is 5.02 Å². The van der Waals surface area contributed by atoms with E-state index in [1.54, 1.807) is 30.5 Å². The minimum atomic E-state index is -0.545. The molecule has 7 heteroatoms. The van der Waals surface area contributed by atoms with Gasteiger partial charge in [0.2, 0.25) is 0 Å². The van der Waals surface area contributed by atoms with Gasteiger partial charge in [0.25, 0.3) is 0 Å². The molecule has 0 aliphatic rings. The molecular weight excluding hydrogens is 418 g/mol. The maximum atomic E-state index is 14.9. The normalized spacial score (nSPS) is 11.7. The highest BCUT2D eigenvalue weighted by atomic mass is 35.5. The minimum Gasteiger partial charge on any atom is -0.363 e. The number of halogens is 3. The zero-order valence-electron chi connectivity index (χ0n) is 17.2. The molecule has 0 saturated heterocycles. The third-order valence-electron chi connectivity index (χ3n) is 4.28. The molecule has 0 fully saturated rings. The Morgan fingerprint density at radius 1 is 1.19 bits per heavy atom. The Kier molecular flexibility index (Phi) is 7.26. The number of nitrogens with one attached hydrogen (secondary N) is 1. The van der Waals surface area contributed by atoms with Crippen molar-refractivity contribution in [3.8, 4) is 11.1 Å². The van der Waals surface area contributed by atoms with E-state index in [0.29, 0.717) is 27.3 Å². The standard InChI is InChI=1S/C24H21ClF2N4/c1-4-5-17(8-15(2)3)23-21(26)9-16(11-30-23)12-31-24-22(27)20(6-7-29-24)18-10-19(25)14-28-13-18/h4-11,13-14H,2,12H2,1,3H3,(H,29,31)/b5-4-,17-8+. The molecule has 0 atom stereocenters. The Morgan fingerprint density at radius 3 is 2.68 bits per heavy atom. The van der Waals surface area contributed by atoms with Gasteiger partial charge in [0.15, 0.2) is 11.6 Å². The molecule has 158 valence electrons. The topological polar surface area (TPSA) is 50.7 Å².